The van der Waals surface area contributed by atoms with E-state index in [9.17, 15) is 8.78 Å². The van der Waals surface area contributed by atoms with Gasteiger partial charge in [-0.3, -0.25) is 4.99 Å². The molecular formula is C18H28F2IN3O2. The third-order valence-electron chi connectivity index (χ3n) is 4.33. The van der Waals surface area contributed by atoms with Gasteiger partial charge in [-0.25, -0.2) is 0 Å². The Morgan fingerprint density at radius 2 is 2.08 bits per heavy atom. The second-order valence-corrected chi connectivity index (χ2v) is 6.92. The quantitative estimate of drug-likeness (QED) is 0.381. The minimum absolute atomic E-state index is 0. The zero-order chi connectivity index (χ0) is 18.4. The molecule has 8 heteroatoms. The normalized spacial score (nSPS) is 16.4. The molecule has 1 heterocycles. The zero-order valence-electron chi connectivity index (χ0n) is 15.7. The highest BCUT2D eigenvalue weighted by atomic mass is 127. The summed E-state index contributed by atoms with van der Waals surface area (Å²) in [6, 6.07) is 5.08. The number of hydrogen-bond acceptors (Lipinski definition) is 3. The van der Waals surface area contributed by atoms with Crippen LogP contribution in [0.3, 0.4) is 0 Å². The van der Waals surface area contributed by atoms with Crippen molar-refractivity contribution in [2.75, 3.05) is 33.8 Å². The van der Waals surface area contributed by atoms with Crippen LogP contribution >= 0.6 is 24.0 Å². The van der Waals surface area contributed by atoms with E-state index in [1.807, 2.05) is 6.07 Å². The molecule has 0 unspecified atom stereocenters. The number of ether oxygens (including phenoxy) is 2. The topological polar surface area (TPSA) is 46.1 Å². The van der Waals surface area contributed by atoms with Crippen molar-refractivity contribution in [3.8, 4) is 11.5 Å². The third-order valence-corrected chi connectivity index (χ3v) is 4.33. The van der Waals surface area contributed by atoms with Crippen LogP contribution in [-0.4, -0.2) is 51.3 Å². The van der Waals surface area contributed by atoms with Crippen LogP contribution in [0.15, 0.2) is 23.2 Å². The van der Waals surface area contributed by atoms with E-state index in [4.69, 9.17) is 4.74 Å². The van der Waals surface area contributed by atoms with Gasteiger partial charge in [-0.15, -0.1) is 24.0 Å². The van der Waals surface area contributed by atoms with Crippen LogP contribution in [0.25, 0.3) is 0 Å². The number of likely N-dealkylation sites (tertiary alicyclic amines) is 1. The van der Waals surface area contributed by atoms with Crippen LogP contribution in [0.5, 0.6) is 11.5 Å². The summed E-state index contributed by atoms with van der Waals surface area (Å²) in [4.78, 5) is 6.59. The molecule has 0 spiro atoms. The van der Waals surface area contributed by atoms with Crippen LogP contribution in [-0.2, 0) is 6.42 Å². The van der Waals surface area contributed by atoms with E-state index in [2.05, 4.69) is 33.8 Å². The molecule has 0 amide bonds. The molecule has 1 aliphatic rings. The average Bonchev–Trinajstić information content (AvgIpc) is 2.91. The molecule has 0 atom stereocenters. The molecule has 1 N–H and O–H groups in total. The van der Waals surface area contributed by atoms with Crippen LogP contribution < -0.4 is 14.8 Å². The standard InChI is InChI=1S/C18H27F2N3O2.HI/c1-18(2)8-10-23(12-18)17(21-3)22-9-7-13-5-6-14(24-4)15(11-13)25-16(19)20;/h5-6,11,16H,7-10,12H2,1-4H3,(H,21,22);1H. The number of aliphatic imine (C=N–C) groups is 1. The summed E-state index contributed by atoms with van der Waals surface area (Å²) in [7, 11) is 3.20. The molecule has 5 nitrogen and oxygen atoms in total. The lowest BCUT2D eigenvalue weighted by Crippen LogP contribution is -2.41. The van der Waals surface area contributed by atoms with Crippen molar-refractivity contribution in [3.63, 3.8) is 0 Å². The lowest BCUT2D eigenvalue weighted by atomic mass is 9.93. The summed E-state index contributed by atoms with van der Waals surface area (Å²) in [5.41, 5.74) is 1.19. The van der Waals surface area contributed by atoms with E-state index in [-0.39, 0.29) is 29.7 Å². The van der Waals surface area contributed by atoms with Gasteiger partial charge in [-0.1, -0.05) is 19.9 Å². The maximum absolute atomic E-state index is 12.5. The fourth-order valence-electron chi connectivity index (χ4n) is 3.01. The van der Waals surface area contributed by atoms with Gasteiger partial charge in [0.2, 0.25) is 0 Å². The fraction of sp³-hybridized carbons (Fsp3) is 0.611. The number of methoxy groups -OCH3 is 1. The van der Waals surface area contributed by atoms with E-state index in [0.29, 0.717) is 24.1 Å². The van der Waals surface area contributed by atoms with Gasteiger partial charge in [0, 0.05) is 26.7 Å². The second kappa shape index (κ2) is 10.1. The minimum atomic E-state index is -2.88. The number of guanidine groups is 1. The summed E-state index contributed by atoms with van der Waals surface area (Å²) >= 11 is 0. The first-order valence-corrected chi connectivity index (χ1v) is 8.42. The number of alkyl halides is 2. The Labute approximate surface area is 171 Å². The van der Waals surface area contributed by atoms with Crippen molar-refractivity contribution in [2.24, 2.45) is 10.4 Å². The van der Waals surface area contributed by atoms with Crippen molar-refractivity contribution in [3.05, 3.63) is 23.8 Å². The Kier molecular flexibility index (Phi) is 8.85. The summed E-state index contributed by atoms with van der Waals surface area (Å²) in [6.07, 6.45) is 1.81. The molecule has 0 saturated carbocycles. The molecule has 0 bridgehead atoms. The van der Waals surface area contributed by atoms with E-state index in [1.54, 1.807) is 19.2 Å². The zero-order valence-corrected chi connectivity index (χ0v) is 18.1. The molecule has 1 fully saturated rings. The van der Waals surface area contributed by atoms with Gasteiger partial charge in [-0.2, -0.15) is 8.78 Å². The Hall–Kier alpha value is -1.32. The summed E-state index contributed by atoms with van der Waals surface area (Å²) in [5.74, 6) is 1.23. The molecule has 1 aromatic carbocycles. The Balaban J connectivity index is 0.00000338. The van der Waals surface area contributed by atoms with Crippen molar-refractivity contribution in [1.82, 2.24) is 10.2 Å². The summed E-state index contributed by atoms with van der Waals surface area (Å²) in [6.45, 7) is 4.25. The molecular weight excluding hydrogens is 455 g/mol. The van der Waals surface area contributed by atoms with Crippen LogP contribution in [0.2, 0.25) is 0 Å². The second-order valence-electron chi connectivity index (χ2n) is 6.92. The largest absolute Gasteiger partial charge is 0.493 e. The number of benzene rings is 1. The van der Waals surface area contributed by atoms with Gasteiger partial charge in [-0.05, 0) is 36.0 Å². The summed E-state index contributed by atoms with van der Waals surface area (Å²) < 4.78 is 34.6. The molecule has 2 rings (SSSR count). The number of nitrogens with one attached hydrogen (secondary N) is 1. The average molecular weight is 483 g/mol. The molecule has 1 aromatic rings. The van der Waals surface area contributed by atoms with Crippen LogP contribution in [0.1, 0.15) is 25.8 Å². The smallest absolute Gasteiger partial charge is 0.387 e. The molecule has 0 aliphatic carbocycles. The Morgan fingerprint density at radius 3 is 2.62 bits per heavy atom. The Morgan fingerprint density at radius 1 is 1.35 bits per heavy atom. The highest BCUT2D eigenvalue weighted by Gasteiger charge is 2.30. The molecule has 1 saturated heterocycles. The van der Waals surface area contributed by atoms with Gasteiger partial charge >= 0.3 is 6.61 Å². The molecule has 148 valence electrons. The fourth-order valence-corrected chi connectivity index (χ4v) is 3.01. The van der Waals surface area contributed by atoms with Gasteiger partial charge in [0.15, 0.2) is 17.5 Å². The number of rotatable bonds is 6. The monoisotopic (exact) mass is 483 g/mol. The first-order valence-electron chi connectivity index (χ1n) is 8.42. The number of hydrogen-bond donors (Lipinski definition) is 1. The van der Waals surface area contributed by atoms with Gasteiger partial charge in [0.25, 0.3) is 0 Å². The molecule has 0 radical (unpaired) electrons. The van der Waals surface area contributed by atoms with Gasteiger partial charge in [0.05, 0.1) is 7.11 Å². The minimum Gasteiger partial charge on any atom is -0.493 e. The van der Waals surface area contributed by atoms with Crippen molar-refractivity contribution in [1.29, 1.82) is 0 Å². The van der Waals surface area contributed by atoms with Crippen LogP contribution in [0.4, 0.5) is 8.78 Å². The maximum atomic E-state index is 12.5. The molecule has 1 aliphatic heterocycles. The van der Waals surface area contributed by atoms with Crippen molar-refractivity contribution in [2.45, 2.75) is 33.3 Å². The van der Waals surface area contributed by atoms with Crippen molar-refractivity contribution >= 4 is 29.9 Å². The third kappa shape index (κ3) is 6.44. The van der Waals surface area contributed by atoms with E-state index in [0.717, 1.165) is 31.0 Å². The first kappa shape index (κ1) is 22.7. The number of halogens is 3. The molecule has 26 heavy (non-hydrogen) atoms. The molecule has 0 aromatic heterocycles. The highest BCUT2D eigenvalue weighted by Crippen LogP contribution is 2.30. The SMILES string of the molecule is CN=C(NCCc1ccc(OC)c(OC(F)F)c1)N1CCC(C)(C)C1.I. The maximum Gasteiger partial charge on any atom is 0.387 e. The van der Waals surface area contributed by atoms with Crippen molar-refractivity contribution < 1.29 is 18.3 Å². The lowest BCUT2D eigenvalue weighted by molar-refractivity contribution is -0.0512. The predicted octanol–water partition coefficient (Wildman–Crippen LogP) is 3.76. The predicted molar refractivity (Wildman–Crippen MR) is 110 cm³/mol. The Bertz CT molecular complexity index is 612. The number of nitrogens with zero attached hydrogens (tertiary/aromatic N) is 2. The van der Waals surface area contributed by atoms with E-state index >= 15 is 0 Å². The van der Waals surface area contributed by atoms with Gasteiger partial charge < -0.3 is 19.7 Å². The van der Waals surface area contributed by atoms with E-state index < -0.39 is 6.61 Å². The van der Waals surface area contributed by atoms with Gasteiger partial charge in [0.1, 0.15) is 0 Å². The van der Waals surface area contributed by atoms with Crippen LogP contribution in [0, 0.1) is 5.41 Å². The highest BCUT2D eigenvalue weighted by molar-refractivity contribution is 14.0. The van der Waals surface area contributed by atoms with E-state index in [1.165, 1.54) is 7.11 Å². The lowest BCUT2D eigenvalue weighted by Gasteiger charge is -2.23. The first-order chi connectivity index (χ1) is 11.8. The summed E-state index contributed by atoms with van der Waals surface area (Å²) in [5, 5.41) is 3.34.